The molecule has 0 aliphatic heterocycles. The van der Waals surface area contributed by atoms with Crippen LogP contribution >= 0.6 is 27.3 Å². The van der Waals surface area contributed by atoms with Gasteiger partial charge in [0.2, 0.25) is 0 Å². The van der Waals surface area contributed by atoms with Gasteiger partial charge in [-0.25, -0.2) is 0 Å². The van der Waals surface area contributed by atoms with E-state index in [0.717, 1.165) is 22.9 Å². The first kappa shape index (κ1) is 18.7. The van der Waals surface area contributed by atoms with E-state index >= 15 is 0 Å². The van der Waals surface area contributed by atoms with Gasteiger partial charge in [0.25, 0.3) is 5.91 Å². The second kappa shape index (κ2) is 8.99. The predicted octanol–water partition coefficient (Wildman–Crippen LogP) is 4.71. The number of amides is 1. The lowest BCUT2D eigenvalue weighted by molar-refractivity contribution is -0.153. The normalized spacial score (nSPS) is 11.8. The number of thiophene rings is 1. The highest BCUT2D eigenvalue weighted by Crippen LogP contribution is 2.23. The van der Waals surface area contributed by atoms with Crippen molar-refractivity contribution >= 4 is 44.8 Å². The Hall–Kier alpha value is -1.66. The molecule has 0 aliphatic rings. The number of anilines is 1. The van der Waals surface area contributed by atoms with Crippen molar-refractivity contribution in [1.82, 2.24) is 0 Å². The third-order valence-electron chi connectivity index (χ3n) is 3.44. The maximum atomic E-state index is 12.1. The number of halogens is 1. The van der Waals surface area contributed by atoms with E-state index in [9.17, 15) is 9.59 Å². The molecule has 1 heterocycles. The van der Waals surface area contributed by atoms with E-state index < -0.39 is 6.10 Å². The van der Waals surface area contributed by atoms with Gasteiger partial charge in [0, 0.05) is 15.8 Å². The number of hydrogen-bond acceptors (Lipinski definition) is 4. The number of rotatable bonds is 7. The molecule has 0 radical (unpaired) electrons. The van der Waals surface area contributed by atoms with E-state index in [0.29, 0.717) is 12.1 Å². The molecule has 128 valence electrons. The first-order valence-electron chi connectivity index (χ1n) is 7.74. The Morgan fingerprint density at radius 3 is 2.79 bits per heavy atom. The molecule has 0 fully saturated rings. The van der Waals surface area contributed by atoms with Gasteiger partial charge in [0.1, 0.15) is 0 Å². The summed E-state index contributed by atoms with van der Waals surface area (Å²) in [7, 11) is 0. The topological polar surface area (TPSA) is 55.4 Å². The number of benzene rings is 1. The molecule has 1 aromatic heterocycles. The molecule has 0 saturated carbocycles. The summed E-state index contributed by atoms with van der Waals surface area (Å²) in [5.41, 5.74) is 1.75. The second-order valence-electron chi connectivity index (χ2n) is 5.54. The van der Waals surface area contributed by atoms with Gasteiger partial charge in [0.15, 0.2) is 6.10 Å². The summed E-state index contributed by atoms with van der Waals surface area (Å²) in [4.78, 5) is 25.2. The van der Waals surface area contributed by atoms with Crippen molar-refractivity contribution in [1.29, 1.82) is 0 Å². The minimum absolute atomic E-state index is 0.309. The van der Waals surface area contributed by atoms with Gasteiger partial charge in [-0.1, -0.05) is 12.1 Å². The van der Waals surface area contributed by atoms with E-state index in [1.54, 1.807) is 18.3 Å². The van der Waals surface area contributed by atoms with Crippen LogP contribution in [0, 0.1) is 6.92 Å². The number of nitrogens with one attached hydrogen (secondary N) is 1. The quantitative estimate of drug-likeness (QED) is 0.673. The summed E-state index contributed by atoms with van der Waals surface area (Å²) in [6.45, 7) is 3.55. The average Bonchev–Trinajstić information content (AvgIpc) is 3.03. The lowest BCUT2D eigenvalue weighted by Crippen LogP contribution is -2.30. The summed E-state index contributed by atoms with van der Waals surface area (Å²) >= 11 is 5.08. The van der Waals surface area contributed by atoms with Crippen LogP contribution in [0.5, 0.6) is 0 Å². The maximum Gasteiger partial charge on any atom is 0.306 e. The Bertz CT molecular complexity index is 700. The lowest BCUT2D eigenvalue weighted by atomic mass is 10.2. The zero-order valence-corrected chi connectivity index (χ0v) is 16.1. The van der Waals surface area contributed by atoms with Crippen LogP contribution in [0.1, 0.15) is 30.2 Å². The molecule has 6 heteroatoms. The first-order chi connectivity index (χ1) is 11.5. The van der Waals surface area contributed by atoms with E-state index in [-0.39, 0.29) is 11.9 Å². The van der Waals surface area contributed by atoms with Crippen LogP contribution in [0.3, 0.4) is 0 Å². The minimum atomic E-state index is -0.826. The van der Waals surface area contributed by atoms with Crippen LogP contribution in [0.4, 0.5) is 5.69 Å². The molecule has 24 heavy (non-hydrogen) atoms. The van der Waals surface area contributed by atoms with Crippen molar-refractivity contribution in [3.05, 3.63) is 50.6 Å². The molecule has 0 aliphatic carbocycles. The second-order valence-corrected chi connectivity index (χ2v) is 7.42. The molecule has 2 rings (SSSR count). The highest BCUT2D eigenvalue weighted by molar-refractivity contribution is 9.10. The fourth-order valence-electron chi connectivity index (χ4n) is 2.13. The number of carbonyl (C=O) groups excluding carboxylic acids is 2. The van der Waals surface area contributed by atoms with Crippen LogP contribution < -0.4 is 5.32 Å². The van der Waals surface area contributed by atoms with Crippen molar-refractivity contribution in [3.8, 4) is 0 Å². The monoisotopic (exact) mass is 409 g/mol. The third-order valence-corrected chi connectivity index (χ3v) is 5.04. The van der Waals surface area contributed by atoms with Crippen LogP contribution in [0.15, 0.2) is 40.2 Å². The van der Waals surface area contributed by atoms with E-state index in [2.05, 4.69) is 21.2 Å². The van der Waals surface area contributed by atoms with Gasteiger partial charge in [0.05, 0.1) is 5.69 Å². The summed E-state index contributed by atoms with van der Waals surface area (Å²) in [6.07, 6.45) is 1.05. The van der Waals surface area contributed by atoms with Crippen LogP contribution in [-0.2, 0) is 20.7 Å². The number of carbonyl (C=O) groups is 2. The molecule has 1 N–H and O–H groups in total. The molecule has 1 atom stereocenters. The number of ether oxygens (including phenoxy) is 1. The highest BCUT2D eigenvalue weighted by atomic mass is 79.9. The van der Waals surface area contributed by atoms with Gasteiger partial charge >= 0.3 is 5.97 Å². The Labute approximate surface area is 154 Å². The molecule has 4 nitrogen and oxygen atoms in total. The van der Waals surface area contributed by atoms with Crippen LogP contribution in [0.2, 0.25) is 0 Å². The fourth-order valence-corrected chi connectivity index (χ4v) is 3.47. The molecule has 1 aromatic carbocycles. The summed E-state index contributed by atoms with van der Waals surface area (Å²) < 4.78 is 6.00. The average molecular weight is 410 g/mol. The van der Waals surface area contributed by atoms with Gasteiger partial charge < -0.3 is 10.1 Å². The van der Waals surface area contributed by atoms with Crippen molar-refractivity contribution in [3.63, 3.8) is 0 Å². The fraction of sp³-hybridized carbons (Fsp3) is 0.333. The SMILES string of the molecule is Cc1ccc(NC(=O)[C@H](C)OC(=O)CCCc2cccs2)c(Br)c1. The van der Waals surface area contributed by atoms with Gasteiger partial charge in [-0.3, -0.25) is 9.59 Å². The van der Waals surface area contributed by atoms with Gasteiger partial charge in [-0.15, -0.1) is 11.3 Å². The Morgan fingerprint density at radius 1 is 1.33 bits per heavy atom. The lowest BCUT2D eigenvalue weighted by Gasteiger charge is -2.14. The molecule has 0 bridgehead atoms. The zero-order valence-electron chi connectivity index (χ0n) is 13.7. The Kier molecular flexibility index (Phi) is 6.99. The summed E-state index contributed by atoms with van der Waals surface area (Å²) in [6, 6.07) is 9.67. The standard InChI is InChI=1S/C18H20BrNO3S/c1-12-8-9-16(15(19)11-12)20-18(22)13(2)23-17(21)7-3-5-14-6-4-10-24-14/h4,6,8-11,13H,3,5,7H2,1-2H3,(H,20,22)/t13-/m0/s1. The van der Waals surface area contributed by atoms with E-state index in [1.165, 1.54) is 4.88 Å². The van der Waals surface area contributed by atoms with Crippen molar-refractivity contribution in [2.75, 3.05) is 5.32 Å². The largest absolute Gasteiger partial charge is 0.453 e. The minimum Gasteiger partial charge on any atom is -0.453 e. The van der Waals surface area contributed by atoms with Crippen molar-refractivity contribution in [2.45, 2.75) is 39.2 Å². The van der Waals surface area contributed by atoms with Gasteiger partial charge in [-0.05, 0) is 71.8 Å². The molecule has 1 amide bonds. The smallest absolute Gasteiger partial charge is 0.306 e. The van der Waals surface area contributed by atoms with E-state index in [4.69, 9.17) is 4.74 Å². The maximum absolute atomic E-state index is 12.1. The predicted molar refractivity (Wildman–Crippen MR) is 100 cm³/mol. The van der Waals surface area contributed by atoms with E-state index in [1.807, 2.05) is 42.6 Å². The molecule has 0 unspecified atom stereocenters. The number of aryl methyl sites for hydroxylation is 2. The van der Waals surface area contributed by atoms with Crippen molar-refractivity contribution < 1.29 is 14.3 Å². The summed E-state index contributed by atoms with van der Waals surface area (Å²) in [5.74, 6) is -0.691. The zero-order chi connectivity index (χ0) is 17.5. The number of esters is 1. The molecule has 0 spiro atoms. The summed E-state index contributed by atoms with van der Waals surface area (Å²) in [5, 5.41) is 4.78. The van der Waals surface area contributed by atoms with Crippen molar-refractivity contribution in [2.24, 2.45) is 0 Å². The van der Waals surface area contributed by atoms with Gasteiger partial charge in [-0.2, -0.15) is 0 Å². The Balaban J connectivity index is 1.76. The highest BCUT2D eigenvalue weighted by Gasteiger charge is 2.18. The molecule has 2 aromatic rings. The molecular weight excluding hydrogens is 390 g/mol. The number of hydrogen-bond donors (Lipinski definition) is 1. The third kappa shape index (κ3) is 5.76. The Morgan fingerprint density at radius 2 is 2.12 bits per heavy atom. The molecular formula is C18H20BrNO3S. The molecule has 0 saturated heterocycles. The van der Waals surface area contributed by atoms with Crippen LogP contribution in [-0.4, -0.2) is 18.0 Å². The van der Waals surface area contributed by atoms with Crippen LogP contribution in [0.25, 0.3) is 0 Å². The first-order valence-corrected chi connectivity index (χ1v) is 9.42.